The monoisotopic (exact) mass is 366 g/mol. The van der Waals surface area contributed by atoms with Crippen LogP contribution < -0.4 is 4.90 Å². The predicted octanol–water partition coefficient (Wildman–Crippen LogP) is 2.46. The molecule has 1 aromatic heterocycles. The minimum absolute atomic E-state index is 0.181. The number of anilines is 1. The largest absolute Gasteiger partial charge is 0.333 e. The molecule has 1 aliphatic heterocycles. The summed E-state index contributed by atoms with van der Waals surface area (Å²) >= 11 is 0. The molecule has 1 fully saturated rings. The topological polar surface area (TPSA) is 73.8 Å². The van der Waals surface area contributed by atoms with Crippen molar-refractivity contribution in [3.8, 4) is 0 Å². The number of para-hydroxylation sites is 1. The van der Waals surface area contributed by atoms with E-state index in [2.05, 4.69) is 4.98 Å². The fourth-order valence-electron chi connectivity index (χ4n) is 3.15. The second-order valence-electron chi connectivity index (χ2n) is 6.29. The van der Waals surface area contributed by atoms with E-state index >= 15 is 0 Å². The molecule has 2 heterocycles. The van der Waals surface area contributed by atoms with Crippen LogP contribution in [0.2, 0.25) is 0 Å². The van der Waals surface area contributed by atoms with Gasteiger partial charge in [-0.05, 0) is 37.6 Å². The molecule has 0 saturated carbocycles. The molecule has 0 aliphatic carbocycles. The SMILES string of the molecule is CCN1CCN(C(=O)N(c2ccccc2)C(C)c2cccnc2)C(=O)C1=O. The Morgan fingerprint density at radius 2 is 1.85 bits per heavy atom. The molecule has 1 aromatic carbocycles. The summed E-state index contributed by atoms with van der Waals surface area (Å²) in [4.78, 5) is 46.2. The van der Waals surface area contributed by atoms with E-state index < -0.39 is 17.8 Å². The Bertz CT molecular complexity index is 826. The molecular formula is C20H22N4O3. The summed E-state index contributed by atoms with van der Waals surface area (Å²) in [6, 6.07) is 11.9. The third-order valence-corrected chi connectivity index (χ3v) is 4.72. The van der Waals surface area contributed by atoms with Crippen molar-refractivity contribution in [3.05, 3.63) is 60.4 Å². The molecule has 0 spiro atoms. The molecule has 1 aliphatic rings. The summed E-state index contributed by atoms with van der Waals surface area (Å²) < 4.78 is 0. The summed E-state index contributed by atoms with van der Waals surface area (Å²) in [6.07, 6.45) is 3.35. The highest BCUT2D eigenvalue weighted by Gasteiger charge is 2.39. The average molecular weight is 366 g/mol. The van der Waals surface area contributed by atoms with Gasteiger partial charge in [0, 0.05) is 37.7 Å². The molecule has 1 unspecified atom stereocenters. The molecule has 1 saturated heterocycles. The number of carbonyl (C=O) groups is 3. The zero-order chi connectivity index (χ0) is 19.4. The van der Waals surface area contributed by atoms with Gasteiger partial charge >= 0.3 is 17.8 Å². The van der Waals surface area contributed by atoms with E-state index in [1.54, 1.807) is 30.6 Å². The normalized spacial score (nSPS) is 15.6. The minimum atomic E-state index is -0.785. The Balaban J connectivity index is 1.95. The standard InChI is InChI=1S/C20H22N4O3/c1-3-22-12-13-23(19(26)18(22)25)20(27)24(17-9-5-4-6-10-17)15(2)16-8-7-11-21-14-16/h4-11,14-15H,3,12-13H2,1-2H3. The fourth-order valence-corrected chi connectivity index (χ4v) is 3.15. The molecule has 7 nitrogen and oxygen atoms in total. The number of pyridine rings is 1. The van der Waals surface area contributed by atoms with Gasteiger partial charge in [-0.25, -0.2) is 4.79 Å². The number of amides is 4. The number of piperazine rings is 1. The quantitative estimate of drug-likeness (QED) is 0.779. The zero-order valence-electron chi connectivity index (χ0n) is 15.4. The zero-order valence-corrected chi connectivity index (χ0v) is 15.4. The van der Waals surface area contributed by atoms with Gasteiger partial charge in [0.25, 0.3) is 0 Å². The maximum Gasteiger partial charge on any atom is 0.332 e. The summed E-state index contributed by atoms with van der Waals surface area (Å²) in [7, 11) is 0. The first-order valence-corrected chi connectivity index (χ1v) is 8.93. The van der Waals surface area contributed by atoms with Crippen molar-refractivity contribution in [1.29, 1.82) is 0 Å². The molecule has 1 atom stereocenters. The van der Waals surface area contributed by atoms with E-state index in [-0.39, 0.29) is 12.6 Å². The van der Waals surface area contributed by atoms with Crippen LogP contribution in [0.1, 0.15) is 25.5 Å². The van der Waals surface area contributed by atoms with Gasteiger partial charge in [-0.2, -0.15) is 0 Å². The Kier molecular flexibility index (Phi) is 5.49. The highest BCUT2D eigenvalue weighted by molar-refractivity contribution is 6.38. The van der Waals surface area contributed by atoms with Crippen LogP contribution in [0.5, 0.6) is 0 Å². The number of hydrogen-bond donors (Lipinski definition) is 0. The number of urea groups is 1. The highest BCUT2D eigenvalue weighted by Crippen LogP contribution is 2.28. The number of likely N-dealkylation sites (N-methyl/N-ethyl adjacent to an activating group) is 1. The van der Waals surface area contributed by atoms with Gasteiger partial charge in [-0.3, -0.25) is 24.4 Å². The van der Waals surface area contributed by atoms with Crippen LogP contribution in [0.3, 0.4) is 0 Å². The number of hydrogen-bond acceptors (Lipinski definition) is 4. The number of nitrogens with zero attached hydrogens (tertiary/aromatic N) is 4. The lowest BCUT2D eigenvalue weighted by Crippen LogP contribution is -2.59. The van der Waals surface area contributed by atoms with E-state index in [1.165, 1.54) is 9.80 Å². The van der Waals surface area contributed by atoms with E-state index in [1.807, 2.05) is 38.1 Å². The highest BCUT2D eigenvalue weighted by atomic mass is 16.2. The molecule has 27 heavy (non-hydrogen) atoms. The second-order valence-corrected chi connectivity index (χ2v) is 6.29. The summed E-state index contributed by atoms with van der Waals surface area (Å²) in [6.45, 7) is 4.65. The van der Waals surface area contributed by atoms with Gasteiger partial charge in [0.15, 0.2) is 0 Å². The number of aromatic nitrogens is 1. The molecule has 4 amide bonds. The van der Waals surface area contributed by atoms with Gasteiger partial charge in [0.05, 0.1) is 6.04 Å². The van der Waals surface area contributed by atoms with Crippen molar-refractivity contribution in [2.75, 3.05) is 24.5 Å². The summed E-state index contributed by atoms with van der Waals surface area (Å²) in [5, 5.41) is 0. The lowest BCUT2D eigenvalue weighted by Gasteiger charge is -2.37. The van der Waals surface area contributed by atoms with Gasteiger partial charge in [0.1, 0.15) is 0 Å². The Hall–Kier alpha value is -3.22. The fraction of sp³-hybridized carbons (Fsp3) is 0.300. The Morgan fingerprint density at radius 3 is 2.48 bits per heavy atom. The summed E-state index contributed by atoms with van der Waals surface area (Å²) in [5.41, 5.74) is 1.48. The maximum absolute atomic E-state index is 13.3. The number of rotatable bonds is 4. The van der Waals surface area contributed by atoms with Crippen LogP contribution >= 0.6 is 0 Å². The molecular weight excluding hydrogens is 344 g/mol. The minimum Gasteiger partial charge on any atom is -0.333 e. The maximum atomic E-state index is 13.3. The van der Waals surface area contributed by atoms with Crippen molar-refractivity contribution in [2.45, 2.75) is 19.9 Å². The van der Waals surface area contributed by atoms with Gasteiger partial charge in [0.2, 0.25) is 0 Å². The number of carbonyl (C=O) groups excluding carboxylic acids is 3. The van der Waals surface area contributed by atoms with E-state index in [0.29, 0.717) is 18.8 Å². The molecule has 7 heteroatoms. The molecule has 2 aromatic rings. The third-order valence-electron chi connectivity index (χ3n) is 4.72. The van der Waals surface area contributed by atoms with Crippen molar-refractivity contribution in [1.82, 2.24) is 14.8 Å². The molecule has 0 radical (unpaired) electrons. The average Bonchev–Trinajstić information content (AvgIpc) is 2.71. The number of benzene rings is 1. The van der Waals surface area contributed by atoms with Crippen molar-refractivity contribution in [3.63, 3.8) is 0 Å². The van der Waals surface area contributed by atoms with Crippen LogP contribution in [0, 0.1) is 0 Å². The molecule has 0 bridgehead atoms. The first kappa shape index (κ1) is 18.6. The van der Waals surface area contributed by atoms with Crippen molar-refractivity contribution < 1.29 is 14.4 Å². The van der Waals surface area contributed by atoms with Crippen molar-refractivity contribution >= 4 is 23.5 Å². The van der Waals surface area contributed by atoms with E-state index in [0.717, 1.165) is 10.5 Å². The van der Waals surface area contributed by atoms with Gasteiger partial charge in [-0.1, -0.05) is 24.3 Å². The van der Waals surface area contributed by atoms with Gasteiger partial charge < -0.3 is 4.90 Å². The predicted molar refractivity (Wildman–Crippen MR) is 101 cm³/mol. The van der Waals surface area contributed by atoms with Crippen LogP contribution in [-0.2, 0) is 9.59 Å². The van der Waals surface area contributed by atoms with Crippen molar-refractivity contribution in [2.24, 2.45) is 0 Å². The lowest BCUT2D eigenvalue weighted by atomic mass is 10.1. The lowest BCUT2D eigenvalue weighted by molar-refractivity contribution is -0.153. The first-order chi connectivity index (χ1) is 13.0. The molecule has 140 valence electrons. The smallest absolute Gasteiger partial charge is 0.332 e. The van der Waals surface area contributed by atoms with Gasteiger partial charge in [-0.15, -0.1) is 0 Å². The Labute approximate surface area is 158 Å². The van der Waals surface area contributed by atoms with Crippen LogP contribution in [-0.4, -0.2) is 52.3 Å². The first-order valence-electron chi connectivity index (χ1n) is 8.93. The summed E-state index contributed by atoms with van der Waals surface area (Å²) in [5.74, 6) is -1.42. The van der Waals surface area contributed by atoms with Crippen LogP contribution in [0.25, 0.3) is 0 Å². The number of imide groups is 1. The molecule has 0 N–H and O–H groups in total. The third kappa shape index (κ3) is 3.67. The molecule has 3 rings (SSSR count). The Morgan fingerprint density at radius 1 is 1.11 bits per heavy atom. The van der Waals surface area contributed by atoms with Crippen LogP contribution in [0.4, 0.5) is 10.5 Å². The second kappa shape index (κ2) is 7.99. The van der Waals surface area contributed by atoms with Crippen LogP contribution in [0.15, 0.2) is 54.9 Å². The van der Waals surface area contributed by atoms with E-state index in [9.17, 15) is 14.4 Å². The van der Waals surface area contributed by atoms with E-state index in [4.69, 9.17) is 0 Å².